The summed E-state index contributed by atoms with van der Waals surface area (Å²) in [4.78, 5) is 24.6. The minimum Gasteiger partial charge on any atom is -0.332 e. The first kappa shape index (κ1) is 21.7. The van der Waals surface area contributed by atoms with Gasteiger partial charge in [0.05, 0.1) is 16.1 Å². The van der Waals surface area contributed by atoms with Gasteiger partial charge in [0.25, 0.3) is 11.8 Å². The van der Waals surface area contributed by atoms with E-state index in [2.05, 4.69) is 16.0 Å². The van der Waals surface area contributed by atoms with Crippen LogP contribution in [0.5, 0.6) is 0 Å². The molecule has 0 radical (unpaired) electrons. The topological polar surface area (TPSA) is 70.2 Å². The summed E-state index contributed by atoms with van der Waals surface area (Å²) in [6.45, 7) is 0. The van der Waals surface area contributed by atoms with Crippen LogP contribution in [0, 0.1) is 5.82 Å². The zero-order valence-corrected chi connectivity index (χ0v) is 17.5. The molecule has 0 aliphatic heterocycles. The van der Waals surface area contributed by atoms with Gasteiger partial charge in [-0.05, 0) is 60.7 Å². The van der Waals surface area contributed by atoms with E-state index in [4.69, 9.17) is 35.4 Å². The molecule has 0 aromatic heterocycles. The Balaban J connectivity index is 1.65. The number of thiocarbonyl (C=S) groups is 1. The monoisotopic (exact) mass is 461 g/mol. The molecule has 152 valence electrons. The molecule has 0 heterocycles. The summed E-state index contributed by atoms with van der Waals surface area (Å²) in [7, 11) is 0. The van der Waals surface area contributed by atoms with Crippen LogP contribution < -0.4 is 16.0 Å². The molecule has 3 rings (SSSR count). The Kier molecular flexibility index (Phi) is 6.99. The number of hydrogen-bond donors (Lipinski definition) is 3. The van der Waals surface area contributed by atoms with Crippen LogP contribution in [0.3, 0.4) is 0 Å². The van der Waals surface area contributed by atoms with Crippen molar-refractivity contribution in [2.24, 2.45) is 0 Å². The molecule has 0 saturated carbocycles. The van der Waals surface area contributed by atoms with Gasteiger partial charge in [0.1, 0.15) is 5.82 Å². The highest BCUT2D eigenvalue weighted by Gasteiger charge is 2.13. The highest BCUT2D eigenvalue weighted by Crippen LogP contribution is 2.23. The largest absolute Gasteiger partial charge is 0.332 e. The minimum absolute atomic E-state index is 0.0209. The number of hydrogen-bond acceptors (Lipinski definition) is 3. The van der Waals surface area contributed by atoms with Crippen molar-refractivity contribution >= 4 is 63.7 Å². The molecule has 30 heavy (non-hydrogen) atoms. The second-order valence-electron chi connectivity index (χ2n) is 6.05. The molecular formula is C21H14Cl2FN3O2S. The van der Waals surface area contributed by atoms with E-state index in [0.717, 1.165) is 0 Å². The molecule has 0 aliphatic carbocycles. The quantitative estimate of drug-likeness (QED) is 0.447. The van der Waals surface area contributed by atoms with E-state index < -0.39 is 17.6 Å². The van der Waals surface area contributed by atoms with Gasteiger partial charge in [0, 0.05) is 16.4 Å². The SMILES string of the molecule is O=C(NC(=S)Nc1cccc(NC(=O)c2ccc(Cl)cc2Cl)c1)c1ccccc1F. The summed E-state index contributed by atoms with van der Waals surface area (Å²) in [6, 6.07) is 16.8. The number of halogens is 3. The van der Waals surface area contributed by atoms with E-state index in [1.165, 1.54) is 30.3 Å². The van der Waals surface area contributed by atoms with Crippen LogP contribution in [0.4, 0.5) is 15.8 Å². The van der Waals surface area contributed by atoms with Crippen LogP contribution in [0.15, 0.2) is 66.7 Å². The second-order valence-corrected chi connectivity index (χ2v) is 7.30. The predicted molar refractivity (Wildman–Crippen MR) is 121 cm³/mol. The van der Waals surface area contributed by atoms with Crippen molar-refractivity contribution in [3.05, 3.63) is 93.7 Å². The molecule has 0 fully saturated rings. The molecule has 3 aromatic rings. The van der Waals surface area contributed by atoms with Crippen molar-refractivity contribution in [2.45, 2.75) is 0 Å². The molecule has 0 bridgehead atoms. The van der Waals surface area contributed by atoms with Crippen molar-refractivity contribution in [3.8, 4) is 0 Å². The van der Waals surface area contributed by atoms with Gasteiger partial charge in [-0.25, -0.2) is 4.39 Å². The number of benzene rings is 3. The standard InChI is InChI=1S/C21H14Cl2FN3O2S/c22-12-8-9-15(17(23)10-12)19(28)25-13-4-3-5-14(11-13)26-21(30)27-20(29)16-6-1-2-7-18(16)24/h1-11H,(H,25,28)(H2,26,27,29,30). The number of nitrogens with one attached hydrogen (secondary N) is 3. The summed E-state index contributed by atoms with van der Waals surface area (Å²) in [5.74, 6) is -1.74. The van der Waals surface area contributed by atoms with Crippen molar-refractivity contribution in [1.29, 1.82) is 0 Å². The molecular weight excluding hydrogens is 448 g/mol. The van der Waals surface area contributed by atoms with E-state index in [-0.39, 0.29) is 21.3 Å². The van der Waals surface area contributed by atoms with Crippen LogP contribution in [0.2, 0.25) is 10.0 Å². The maximum Gasteiger partial charge on any atom is 0.260 e. The Morgan fingerprint density at radius 2 is 1.50 bits per heavy atom. The van der Waals surface area contributed by atoms with Crippen molar-refractivity contribution in [2.75, 3.05) is 10.6 Å². The van der Waals surface area contributed by atoms with Gasteiger partial charge in [0.15, 0.2) is 5.11 Å². The normalized spacial score (nSPS) is 10.2. The lowest BCUT2D eigenvalue weighted by atomic mass is 10.2. The molecule has 0 atom stereocenters. The maximum atomic E-state index is 13.7. The third kappa shape index (κ3) is 5.54. The first-order valence-corrected chi connectivity index (χ1v) is 9.73. The van der Waals surface area contributed by atoms with E-state index in [1.807, 2.05) is 0 Å². The van der Waals surface area contributed by atoms with Gasteiger partial charge in [-0.1, -0.05) is 41.4 Å². The number of anilines is 2. The van der Waals surface area contributed by atoms with Crippen molar-refractivity contribution in [3.63, 3.8) is 0 Å². The number of rotatable bonds is 4. The lowest BCUT2D eigenvalue weighted by Gasteiger charge is -2.12. The van der Waals surface area contributed by atoms with Crippen LogP contribution in [-0.2, 0) is 0 Å². The fourth-order valence-electron chi connectivity index (χ4n) is 2.52. The third-order valence-corrected chi connectivity index (χ3v) is 4.65. The Morgan fingerprint density at radius 3 is 2.20 bits per heavy atom. The molecule has 2 amide bonds. The number of carbonyl (C=O) groups is 2. The van der Waals surface area contributed by atoms with E-state index in [1.54, 1.807) is 36.4 Å². The Bertz CT molecular complexity index is 1140. The fraction of sp³-hybridized carbons (Fsp3) is 0. The zero-order valence-electron chi connectivity index (χ0n) is 15.2. The third-order valence-electron chi connectivity index (χ3n) is 3.90. The molecule has 3 N–H and O–H groups in total. The van der Waals surface area contributed by atoms with E-state index in [0.29, 0.717) is 16.4 Å². The van der Waals surface area contributed by atoms with Gasteiger partial charge >= 0.3 is 0 Å². The lowest BCUT2D eigenvalue weighted by Crippen LogP contribution is -2.34. The highest BCUT2D eigenvalue weighted by molar-refractivity contribution is 7.80. The van der Waals surface area contributed by atoms with Crippen LogP contribution in [-0.4, -0.2) is 16.9 Å². The molecule has 5 nitrogen and oxygen atoms in total. The first-order chi connectivity index (χ1) is 14.3. The second kappa shape index (κ2) is 9.67. The van der Waals surface area contributed by atoms with Crippen LogP contribution >= 0.6 is 35.4 Å². The molecule has 9 heteroatoms. The van der Waals surface area contributed by atoms with Gasteiger partial charge in [-0.15, -0.1) is 0 Å². The van der Waals surface area contributed by atoms with Gasteiger partial charge < -0.3 is 10.6 Å². The molecule has 3 aromatic carbocycles. The minimum atomic E-state index is -0.674. The molecule has 0 aliphatic rings. The Labute approximate surface area is 187 Å². The summed E-state index contributed by atoms with van der Waals surface area (Å²) in [5.41, 5.74) is 1.13. The number of carbonyl (C=O) groups excluding carboxylic acids is 2. The van der Waals surface area contributed by atoms with E-state index in [9.17, 15) is 14.0 Å². The zero-order chi connectivity index (χ0) is 21.7. The van der Waals surface area contributed by atoms with E-state index >= 15 is 0 Å². The van der Waals surface area contributed by atoms with Crippen LogP contribution in [0.1, 0.15) is 20.7 Å². The van der Waals surface area contributed by atoms with Gasteiger partial charge in [-0.2, -0.15) is 0 Å². The average molecular weight is 462 g/mol. The molecule has 0 saturated heterocycles. The van der Waals surface area contributed by atoms with Crippen molar-refractivity contribution in [1.82, 2.24) is 5.32 Å². The highest BCUT2D eigenvalue weighted by atomic mass is 35.5. The fourth-order valence-corrected chi connectivity index (χ4v) is 3.23. The molecule has 0 spiro atoms. The average Bonchev–Trinajstić information content (AvgIpc) is 2.68. The first-order valence-electron chi connectivity index (χ1n) is 8.57. The lowest BCUT2D eigenvalue weighted by molar-refractivity contribution is 0.0972. The summed E-state index contributed by atoms with van der Waals surface area (Å²) < 4.78 is 13.7. The molecule has 0 unspecified atom stereocenters. The van der Waals surface area contributed by atoms with Gasteiger partial charge in [0.2, 0.25) is 0 Å². The summed E-state index contributed by atoms with van der Waals surface area (Å²) >= 11 is 17.0. The smallest absolute Gasteiger partial charge is 0.260 e. The summed E-state index contributed by atoms with van der Waals surface area (Å²) in [6.07, 6.45) is 0. The van der Waals surface area contributed by atoms with Gasteiger partial charge in [-0.3, -0.25) is 14.9 Å². The van der Waals surface area contributed by atoms with Crippen molar-refractivity contribution < 1.29 is 14.0 Å². The number of amides is 2. The van der Waals surface area contributed by atoms with Crippen LogP contribution in [0.25, 0.3) is 0 Å². The predicted octanol–water partition coefficient (Wildman–Crippen LogP) is 5.51. The Hall–Kier alpha value is -3.00. The maximum absolute atomic E-state index is 13.7. The Morgan fingerprint density at radius 1 is 0.800 bits per heavy atom. The summed E-state index contributed by atoms with van der Waals surface area (Å²) in [5, 5.41) is 8.58.